The fourth-order valence-electron chi connectivity index (χ4n) is 4.00. The van der Waals surface area contributed by atoms with Gasteiger partial charge in [-0.2, -0.15) is 0 Å². The first kappa shape index (κ1) is 19.6. The van der Waals surface area contributed by atoms with Crippen molar-refractivity contribution < 1.29 is 19.2 Å². The van der Waals surface area contributed by atoms with Crippen molar-refractivity contribution in [2.75, 3.05) is 13.1 Å². The molecule has 0 radical (unpaired) electrons. The van der Waals surface area contributed by atoms with Gasteiger partial charge in [0.15, 0.2) is 5.78 Å². The number of hydrogen-bond donors (Lipinski definition) is 0. The number of rotatable bonds is 6. The van der Waals surface area contributed by atoms with E-state index in [0.717, 1.165) is 32.0 Å². The molecule has 4 rings (SSSR count). The van der Waals surface area contributed by atoms with Crippen molar-refractivity contribution >= 4 is 34.5 Å². The van der Waals surface area contributed by atoms with Gasteiger partial charge < -0.3 is 4.57 Å². The second kappa shape index (κ2) is 7.59. The van der Waals surface area contributed by atoms with E-state index >= 15 is 0 Å². The monoisotopic (exact) mass is 403 g/mol. The Bertz CT molecular complexity index is 1180. The van der Waals surface area contributed by atoms with Gasteiger partial charge in [-0.1, -0.05) is 48.5 Å². The molecule has 1 aliphatic rings. The maximum Gasteiger partial charge on any atom is 0.334 e. The molecule has 2 aromatic carbocycles. The van der Waals surface area contributed by atoms with Crippen LogP contribution in [0.4, 0.5) is 4.79 Å². The van der Waals surface area contributed by atoms with Gasteiger partial charge in [0.2, 0.25) is 0 Å². The lowest BCUT2D eigenvalue weighted by molar-refractivity contribution is -0.143. The minimum atomic E-state index is -0.962. The Morgan fingerprint density at radius 3 is 2.07 bits per heavy atom. The van der Waals surface area contributed by atoms with Crippen LogP contribution in [0, 0.1) is 0 Å². The zero-order valence-corrected chi connectivity index (χ0v) is 16.8. The Morgan fingerprint density at radius 1 is 0.800 bits per heavy atom. The predicted octanol–water partition coefficient (Wildman–Crippen LogP) is 3.32. The molecule has 7 nitrogen and oxygen atoms in total. The first-order valence-corrected chi connectivity index (χ1v) is 9.86. The number of Topliss-reactive ketones (excluding diaryl/α,β-unsaturated/α-hetero) is 1. The number of amides is 4. The average molecular weight is 403 g/mol. The topological polar surface area (TPSA) is 79.7 Å². The largest absolute Gasteiger partial charge is 0.340 e. The lowest BCUT2D eigenvalue weighted by Crippen LogP contribution is -2.37. The molecular weight excluding hydrogens is 382 g/mol. The van der Waals surface area contributed by atoms with Crippen LogP contribution in [0.25, 0.3) is 22.2 Å². The van der Waals surface area contributed by atoms with Crippen LogP contribution >= 0.6 is 0 Å². The number of likely N-dealkylation sites (N-methyl/N-ethyl adjacent to an activating group) is 1. The van der Waals surface area contributed by atoms with Gasteiger partial charge in [-0.25, -0.2) is 9.69 Å². The number of aromatic nitrogens is 1. The quantitative estimate of drug-likeness (QED) is 0.359. The number of carbonyl (C=O) groups excluding carboxylic acids is 4. The molecule has 1 saturated heterocycles. The number of nitrogens with zero attached hydrogens (tertiary/aromatic N) is 3. The van der Waals surface area contributed by atoms with Gasteiger partial charge in [-0.15, -0.1) is 0 Å². The molecule has 1 fully saturated rings. The highest BCUT2D eigenvalue weighted by Gasteiger charge is 2.44. The van der Waals surface area contributed by atoms with Crippen molar-refractivity contribution in [1.82, 2.24) is 14.4 Å². The molecule has 0 bridgehead atoms. The molecule has 7 heteroatoms. The van der Waals surface area contributed by atoms with Gasteiger partial charge in [-0.05, 0) is 25.5 Å². The Morgan fingerprint density at radius 2 is 1.43 bits per heavy atom. The summed E-state index contributed by atoms with van der Waals surface area (Å²) < 4.78 is 2.05. The minimum Gasteiger partial charge on any atom is -0.340 e. The summed E-state index contributed by atoms with van der Waals surface area (Å²) in [5.41, 5.74) is 2.94. The molecule has 0 unspecified atom stereocenters. The number of hydrogen-bond acceptors (Lipinski definition) is 4. The molecule has 1 aromatic heterocycles. The number of fused-ring (bicyclic) bond motifs is 1. The number of ketones is 1. The molecule has 152 valence electrons. The molecule has 0 atom stereocenters. The molecule has 30 heavy (non-hydrogen) atoms. The van der Waals surface area contributed by atoms with Crippen LogP contribution in [0.15, 0.2) is 54.6 Å². The molecule has 4 amide bonds. The lowest BCUT2D eigenvalue weighted by Gasteiger charge is -2.14. The van der Waals surface area contributed by atoms with Gasteiger partial charge >= 0.3 is 17.8 Å². The molecule has 0 N–H and O–H groups in total. The van der Waals surface area contributed by atoms with Crippen LogP contribution in [0.5, 0.6) is 0 Å². The summed E-state index contributed by atoms with van der Waals surface area (Å²) in [6.07, 6.45) is 0. The Labute approximate surface area is 173 Å². The van der Waals surface area contributed by atoms with Crippen LogP contribution in [-0.2, 0) is 16.1 Å². The first-order valence-electron chi connectivity index (χ1n) is 9.86. The number of urea groups is 1. The average Bonchev–Trinajstić information content (AvgIpc) is 3.21. The van der Waals surface area contributed by atoms with E-state index in [1.54, 1.807) is 6.92 Å². The van der Waals surface area contributed by atoms with Crippen LogP contribution < -0.4 is 0 Å². The summed E-state index contributed by atoms with van der Waals surface area (Å²) in [6, 6.07) is 16.3. The second-order valence-electron chi connectivity index (χ2n) is 7.00. The van der Waals surface area contributed by atoms with E-state index in [0.29, 0.717) is 12.1 Å². The van der Waals surface area contributed by atoms with E-state index in [2.05, 4.69) is 4.57 Å². The highest BCUT2D eigenvalue weighted by atomic mass is 16.2. The Kier molecular flexibility index (Phi) is 4.95. The van der Waals surface area contributed by atoms with E-state index < -0.39 is 24.4 Å². The highest BCUT2D eigenvalue weighted by molar-refractivity contribution is 6.45. The number of imide groups is 2. The van der Waals surface area contributed by atoms with E-state index in [-0.39, 0.29) is 12.3 Å². The molecule has 3 aromatic rings. The van der Waals surface area contributed by atoms with Crippen molar-refractivity contribution in [3.05, 3.63) is 60.2 Å². The summed E-state index contributed by atoms with van der Waals surface area (Å²) in [5, 5.41) is 0.751. The minimum absolute atomic E-state index is 0.0819. The van der Waals surface area contributed by atoms with Crippen molar-refractivity contribution in [1.29, 1.82) is 0 Å². The van der Waals surface area contributed by atoms with Gasteiger partial charge in [0.05, 0.1) is 17.8 Å². The third-order valence-electron chi connectivity index (χ3n) is 5.37. The summed E-state index contributed by atoms with van der Waals surface area (Å²) in [6.45, 7) is 3.85. The fraction of sp³-hybridized carbons (Fsp3) is 0.217. The summed E-state index contributed by atoms with van der Waals surface area (Å²) in [4.78, 5) is 51.8. The molecule has 1 aliphatic heterocycles. The third-order valence-corrected chi connectivity index (χ3v) is 5.37. The third kappa shape index (κ3) is 2.90. The molecular formula is C23H21N3O4. The molecule has 2 heterocycles. The van der Waals surface area contributed by atoms with Gasteiger partial charge in [-0.3, -0.25) is 19.3 Å². The lowest BCUT2D eigenvalue weighted by atomic mass is 10.0. The molecule has 0 spiro atoms. The van der Waals surface area contributed by atoms with Crippen LogP contribution in [0.1, 0.15) is 24.2 Å². The summed E-state index contributed by atoms with van der Waals surface area (Å²) in [7, 11) is 0. The van der Waals surface area contributed by atoms with Crippen LogP contribution in [-0.4, -0.2) is 51.1 Å². The molecule has 0 aliphatic carbocycles. The first-order chi connectivity index (χ1) is 14.5. The van der Waals surface area contributed by atoms with E-state index in [1.807, 2.05) is 61.5 Å². The maximum absolute atomic E-state index is 13.4. The zero-order chi connectivity index (χ0) is 21.4. The van der Waals surface area contributed by atoms with Crippen LogP contribution in [0.3, 0.4) is 0 Å². The van der Waals surface area contributed by atoms with Gasteiger partial charge in [0.25, 0.3) is 0 Å². The Balaban J connectivity index is 1.85. The van der Waals surface area contributed by atoms with E-state index in [9.17, 15) is 19.2 Å². The fourth-order valence-corrected chi connectivity index (χ4v) is 4.00. The maximum atomic E-state index is 13.4. The van der Waals surface area contributed by atoms with E-state index in [1.165, 1.54) is 0 Å². The Hall–Kier alpha value is -3.74. The van der Waals surface area contributed by atoms with Crippen molar-refractivity contribution in [3.8, 4) is 11.3 Å². The number of benzene rings is 2. The summed E-state index contributed by atoms with van der Waals surface area (Å²) >= 11 is 0. The second-order valence-corrected chi connectivity index (χ2v) is 7.00. The highest BCUT2D eigenvalue weighted by Crippen LogP contribution is 2.34. The van der Waals surface area contributed by atoms with Gasteiger partial charge in [0.1, 0.15) is 0 Å². The van der Waals surface area contributed by atoms with Crippen molar-refractivity contribution in [3.63, 3.8) is 0 Å². The van der Waals surface area contributed by atoms with E-state index in [4.69, 9.17) is 0 Å². The van der Waals surface area contributed by atoms with Gasteiger partial charge in [0, 0.05) is 24.0 Å². The van der Waals surface area contributed by atoms with Crippen molar-refractivity contribution in [2.45, 2.75) is 20.4 Å². The number of para-hydroxylation sites is 1. The predicted molar refractivity (Wildman–Crippen MR) is 112 cm³/mol. The SMILES string of the molecule is CCN1C(=O)C(=O)N(CC(=O)c2c(-c3ccccc3)n(CC)c3ccccc23)C1=O. The smallest absolute Gasteiger partial charge is 0.334 e. The number of carbonyl (C=O) groups is 4. The number of aryl methyl sites for hydroxylation is 1. The zero-order valence-electron chi connectivity index (χ0n) is 16.8. The van der Waals surface area contributed by atoms with Crippen molar-refractivity contribution in [2.24, 2.45) is 0 Å². The molecule has 0 saturated carbocycles. The van der Waals surface area contributed by atoms with Crippen LogP contribution in [0.2, 0.25) is 0 Å². The standard InChI is InChI=1S/C23H21N3O4/c1-3-24-17-13-9-8-12-16(17)19(20(24)15-10-6-5-7-11-15)18(27)14-26-22(29)21(28)25(4-2)23(26)30/h5-13H,3-4,14H2,1-2H3. The summed E-state index contributed by atoms with van der Waals surface area (Å²) in [5.74, 6) is -2.24. The normalized spacial score (nSPS) is 14.3.